The largest absolute Gasteiger partial charge is 0.497 e. The van der Waals surface area contributed by atoms with Crippen LogP contribution in [0, 0.1) is 6.92 Å². The van der Waals surface area contributed by atoms with Gasteiger partial charge in [0, 0.05) is 17.3 Å². The monoisotopic (exact) mass is 343 g/mol. The Kier molecular flexibility index (Phi) is 6.14. The van der Waals surface area contributed by atoms with E-state index >= 15 is 0 Å². The Labute approximate surface area is 147 Å². The molecule has 0 saturated carbocycles. The summed E-state index contributed by atoms with van der Waals surface area (Å²) >= 11 is 5.28. The zero-order chi connectivity index (χ0) is 17.5. The fraction of sp³-hybridized carbons (Fsp3) is 0.222. The molecular weight excluding hydrogens is 322 g/mol. The Morgan fingerprint density at radius 3 is 2.50 bits per heavy atom. The molecule has 0 amide bonds. The number of hydrogen-bond acceptors (Lipinski definition) is 4. The van der Waals surface area contributed by atoms with E-state index in [0.717, 1.165) is 28.3 Å². The first-order valence-electron chi connectivity index (χ1n) is 7.44. The first-order valence-corrected chi connectivity index (χ1v) is 7.85. The van der Waals surface area contributed by atoms with Gasteiger partial charge in [0.15, 0.2) is 5.11 Å². The van der Waals surface area contributed by atoms with Gasteiger partial charge in [-0.25, -0.2) is 0 Å². The van der Waals surface area contributed by atoms with E-state index in [1.165, 1.54) is 0 Å². The van der Waals surface area contributed by atoms with Gasteiger partial charge in [0.2, 0.25) is 0 Å². The van der Waals surface area contributed by atoms with Crippen LogP contribution in [0.15, 0.2) is 47.6 Å². The molecule has 2 rings (SSSR count). The normalized spacial score (nSPS) is 10.9. The van der Waals surface area contributed by atoms with E-state index in [4.69, 9.17) is 21.7 Å². The summed E-state index contributed by atoms with van der Waals surface area (Å²) in [6, 6.07) is 13.5. The van der Waals surface area contributed by atoms with Gasteiger partial charge < -0.3 is 14.8 Å². The first-order chi connectivity index (χ1) is 11.5. The lowest BCUT2D eigenvalue weighted by Crippen LogP contribution is -2.25. The molecule has 0 atom stereocenters. The van der Waals surface area contributed by atoms with Crippen molar-refractivity contribution in [3.8, 4) is 11.5 Å². The maximum Gasteiger partial charge on any atom is 0.191 e. The zero-order valence-corrected chi connectivity index (χ0v) is 15.0. The standard InChI is InChI=1S/C18H21N3O2S/c1-12-7-5-6-8-16(12)19-18(24)21-20-13(2)15-10-9-14(22-3)11-17(15)23-4/h5-11H,1-4H3,(H2,19,21,24)/b20-13-. The van der Waals surface area contributed by atoms with Gasteiger partial charge in [-0.3, -0.25) is 5.43 Å². The Balaban J connectivity index is 2.08. The molecule has 0 saturated heterocycles. The molecular formula is C18H21N3O2S. The first kappa shape index (κ1) is 17.7. The molecule has 2 aromatic carbocycles. The number of nitrogens with one attached hydrogen (secondary N) is 2. The number of ether oxygens (including phenoxy) is 2. The van der Waals surface area contributed by atoms with Gasteiger partial charge in [-0.05, 0) is 49.8 Å². The molecule has 5 nitrogen and oxygen atoms in total. The van der Waals surface area contributed by atoms with Gasteiger partial charge in [-0.2, -0.15) is 5.10 Å². The maximum atomic E-state index is 5.39. The lowest BCUT2D eigenvalue weighted by Gasteiger charge is -2.12. The quantitative estimate of drug-likeness (QED) is 0.492. The molecule has 0 bridgehead atoms. The van der Waals surface area contributed by atoms with Gasteiger partial charge >= 0.3 is 0 Å². The van der Waals surface area contributed by atoms with Crippen LogP contribution in [0.4, 0.5) is 5.69 Å². The summed E-state index contributed by atoms with van der Waals surface area (Å²) in [6.45, 7) is 3.90. The summed E-state index contributed by atoms with van der Waals surface area (Å²) in [4.78, 5) is 0. The van der Waals surface area contributed by atoms with Crippen LogP contribution in [0.3, 0.4) is 0 Å². The lowest BCUT2D eigenvalue weighted by molar-refractivity contribution is 0.394. The molecule has 6 heteroatoms. The van der Waals surface area contributed by atoms with Crippen LogP contribution in [0.2, 0.25) is 0 Å². The van der Waals surface area contributed by atoms with Crippen molar-refractivity contribution in [2.45, 2.75) is 13.8 Å². The van der Waals surface area contributed by atoms with E-state index in [9.17, 15) is 0 Å². The second kappa shape index (κ2) is 8.31. The SMILES string of the molecule is COc1ccc(/C(C)=N\NC(=S)Nc2ccccc2C)c(OC)c1. The average molecular weight is 343 g/mol. The number of methoxy groups -OCH3 is 2. The predicted octanol–water partition coefficient (Wildman–Crippen LogP) is 3.72. The molecule has 126 valence electrons. The Bertz CT molecular complexity index is 760. The number of hydrogen-bond donors (Lipinski definition) is 2. The molecule has 0 radical (unpaired) electrons. The topological polar surface area (TPSA) is 54.9 Å². The second-order valence-corrected chi connectivity index (χ2v) is 5.55. The van der Waals surface area contributed by atoms with Crippen LogP contribution in [0.5, 0.6) is 11.5 Å². The van der Waals surface area contributed by atoms with E-state index in [0.29, 0.717) is 10.9 Å². The van der Waals surface area contributed by atoms with Gasteiger partial charge in [0.05, 0.1) is 19.9 Å². The number of para-hydroxylation sites is 1. The summed E-state index contributed by atoms with van der Waals surface area (Å²) in [6.07, 6.45) is 0. The molecule has 0 aliphatic carbocycles. The molecule has 0 spiro atoms. The Morgan fingerprint density at radius 1 is 1.08 bits per heavy atom. The van der Waals surface area contributed by atoms with Crippen molar-refractivity contribution in [2.75, 3.05) is 19.5 Å². The molecule has 0 unspecified atom stereocenters. The molecule has 0 aliphatic rings. The lowest BCUT2D eigenvalue weighted by atomic mass is 10.1. The number of anilines is 1. The van der Waals surface area contributed by atoms with E-state index < -0.39 is 0 Å². The van der Waals surface area contributed by atoms with Crippen LogP contribution in [-0.2, 0) is 0 Å². The van der Waals surface area contributed by atoms with Gasteiger partial charge in [-0.15, -0.1) is 0 Å². The molecule has 0 fully saturated rings. The smallest absolute Gasteiger partial charge is 0.191 e. The fourth-order valence-electron chi connectivity index (χ4n) is 2.16. The molecule has 2 N–H and O–H groups in total. The van der Waals surface area contributed by atoms with Gasteiger partial charge in [-0.1, -0.05) is 18.2 Å². The maximum absolute atomic E-state index is 5.39. The minimum absolute atomic E-state index is 0.427. The fourth-order valence-corrected chi connectivity index (χ4v) is 2.31. The number of aryl methyl sites for hydroxylation is 1. The highest BCUT2D eigenvalue weighted by atomic mass is 32.1. The van der Waals surface area contributed by atoms with E-state index in [2.05, 4.69) is 15.8 Å². The Morgan fingerprint density at radius 2 is 1.83 bits per heavy atom. The van der Waals surface area contributed by atoms with E-state index in [1.54, 1.807) is 14.2 Å². The summed E-state index contributed by atoms with van der Waals surface area (Å²) in [5, 5.41) is 7.88. The van der Waals surface area contributed by atoms with Crippen molar-refractivity contribution in [1.82, 2.24) is 5.43 Å². The number of thiocarbonyl (C=S) groups is 1. The summed E-state index contributed by atoms with van der Waals surface area (Å²) in [5.74, 6) is 1.42. The van der Waals surface area contributed by atoms with Crippen LogP contribution in [0.25, 0.3) is 0 Å². The molecule has 0 aliphatic heterocycles. The minimum Gasteiger partial charge on any atom is -0.497 e. The number of nitrogens with zero attached hydrogens (tertiary/aromatic N) is 1. The average Bonchev–Trinajstić information content (AvgIpc) is 2.61. The summed E-state index contributed by atoms with van der Waals surface area (Å²) < 4.78 is 10.6. The zero-order valence-electron chi connectivity index (χ0n) is 14.2. The Hall–Kier alpha value is -2.60. The highest BCUT2D eigenvalue weighted by Gasteiger charge is 2.08. The number of rotatable bonds is 5. The third-order valence-electron chi connectivity index (χ3n) is 3.52. The summed E-state index contributed by atoms with van der Waals surface area (Å²) in [5.41, 5.74) is 6.54. The van der Waals surface area contributed by atoms with Crippen LogP contribution < -0.4 is 20.2 Å². The van der Waals surface area contributed by atoms with Gasteiger partial charge in [0.1, 0.15) is 11.5 Å². The van der Waals surface area contributed by atoms with Crippen LogP contribution >= 0.6 is 12.2 Å². The third-order valence-corrected chi connectivity index (χ3v) is 3.71. The van der Waals surface area contributed by atoms with Crippen molar-refractivity contribution in [3.63, 3.8) is 0 Å². The highest BCUT2D eigenvalue weighted by Crippen LogP contribution is 2.25. The molecule has 2 aromatic rings. The molecule has 0 heterocycles. The third kappa shape index (κ3) is 4.45. The van der Waals surface area contributed by atoms with Crippen molar-refractivity contribution in [1.29, 1.82) is 0 Å². The van der Waals surface area contributed by atoms with Crippen molar-refractivity contribution in [2.24, 2.45) is 5.10 Å². The van der Waals surface area contributed by atoms with Crippen LogP contribution in [0.1, 0.15) is 18.1 Å². The van der Waals surface area contributed by atoms with Gasteiger partial charge in [0.25, 0.3) is 0 Å². The van der Waals surface area contributed by atoms with E-state index in [1.807, 2.05) is 56.3 Å². The van der Waals surface area contributed by atoms with E-state index in [-0.39, 0.29) is 0 Å². The van der Waals surface area contributed by atoms with Crippen LogP contribution in [-0.4, -0.2) is 25.0 Å². The second-order valence-electron chi connectivity index (χ2n) is 5.14. The highest BCUT2D eigenvalue weighted by molar-refractivity contribution is 7.80. The molecule has 24 heavy (non-hydrogen) atoms. The predicted molar refractivity (Wildman–Crippen MR) is 102 cm³/mol. The number of hydrazone groups is 1. The van der Waals surface area contributed by atoms with Crippen molar-refractivity contribution < 1.29 is 9.47 Å². The van der Waals surface area contributed by atoms with Crippen molar-refractivity contribution in [3.05, 3.63) is 53.6 Å². The minimum atomic E-state index is 0.427. The molecule has 0 aromatic heterocycles. The summed E-state index contributed by atoms with van der Waals surface area (Å²) in [7, 11) is 3.23. The van der Waals surface area contributed by atoms with Crippen molar-refractivity contribution >= 4 is 28.7 Å². The number of benzene rings is 2.